The topological polar surface area (TPSA) is 120 Å². The lowest BCUT2D eigenvalue weighted by Crippen LogP contribution is -2.34. The molecule has 2 aromatic heterocycles. The van der Waals surface area contributed by atoms with Gasteiger partial charge in [0.15, 0.2) is 5.69 Å². The van der Waals surface area contributed by atoms with Gasteiger partial charge in [0.25, 0.3) is 11.5 Å². The zero-order valence-electron chi connectivity index (χ0n) is 23.6. The molecule has 10 nitrogen and oxygen atoms in total. The Balaban J connectivity index is 1.65. The lowest BCUT2D eigenvalue weighted by molar-refractivity contribution is -0.141. The molecule has 0 fully saturated rings. The highest BCUT2D eigenvalue weighted by Gasteiger charge is 2.35. The van der Waals surface area contributed by atoms with Crippen LogP contribution in [0.4, 0.5) is 36.4 Å². The van der Waals surface area contributed by atoms with E-state index in [0.29, 0.717) is 6.20 Å². The van der Waals surface area contributed by atoms with Gasteiger partial charge in [0.05, 0.1) is 30.8 Å². The normalized spacial score (nSPS) is 12.5. The summed E-state index contributed by atoms with van der Waals surface area (Å²) >= 11 is 6.17. The first kappa shape index (κ1) is 34.0. The van der Waals surface area contributed by atoms with Gasteiger partial charge in [-0.25, -0.2) is 9.07 Å². The minimum atomic E-state index is -4.77. The molecule has 4 aromatic rings. The highest BCUT2D eigenvalue weighted by molar-refractivity contribution is 6.31. The molecule has 0 radical (unpaired) electrons. The SMILES string of the molecule is CC[C@@H](C(=O)Nc1ccc(C(=O)NCC(F)(F)F)c(F)c1)n1cc(OC)c(-c2cc(Cl)ccc2-n2cc(C(F)(F)F)nn2)cc1=O. The van der Waals surface area contributed by atoms with Crippen molar-refractivity contribution < 1.29 is 45.1 Å². The average Bonchev–Trinajstić information content (AvgIpc) is 3.48. The Bertz CT molecular complexity index is 1840. The van der Waals surface area contributed by atoms with Crippen molar-refractivity contribution in [1.29, 1.82) is 0 Å². The van der Waals surface area contributed by atoms with E-state index in [-0.39, 0.29) is 39.7 Å². The molecule has 244 valence electrons. The first-order valence-electron chi connectivity index (χ1n) is 13.1. The van der Waals surface area contributed by atoms with E-state index in [4.69, 9.17) is 16.3 Å². The number of aromatic nitrogens is 4. The van der Waals surface area contributed by atoms with E-state index in [1.807, 2.05) is 0 Å². The number of halogens is 8. The molecule has 0 spiro atoms. The fourth-order valence-corrected chi connectivity index (χ4v) is 4.54. The molecule has 0 aliphatic heterocycles. The number of pyridine rings is 1. The lowest BCUT2D eigenvalue weighted by Gasteiger charge is -2.21. The van der Waals surface area contributed by atoms with Gasteiger partial charge in [0.2, 0.25) is 5.91 Å². The predicted octanol–water partition coefficient (Wildman–Crippen LogP) is 5.80. The maximum absolute atomic E-state index is 14.5. The standard InChI is InChI=1S/C28H22ClF7N6O4/c1-3-20(26(45)38-15-5-6-16(19(30)9-15)25(44)37-13-27(31,32)33)41-11-22(46-2)18(10-24(41)43)17-8-14(29)4-7-21(17)42-12-23(39-40-42)28(34,35)36/h4-12,20H,3,13H2,1-2H3,(H,37,44)(H,38,45)/t20-/m0/s1. The Hall–Kier alpha value is -4.93. The molecule has 2 N–H and O–H groups in total. The smallest absolute Gasteiger partial charge is 0.436 e. The summed E-state index contributed by atoms with van der Waals surface area (Å²) in [7, 11) is 1.26. The third-order valence-electron chi connectivity index (χ3n) is 6.50. The summed E-state index contributed by atoms with van der Waals surface area (Å²) in [6, 6.07) is 6.73. The number of methoxy groups -OCH3 is 1. The molecule has 0 saturated heterocycles. The molecular formula is C28H22ClF7N6O4. The number of rotatable bonds is 9. The molecule has 46 heavy (non-hydrogen) atoms. The van der Waals surface area contributed by atoms with Gasteiger partial charge in [-0.1, -0.05) is 23.7 Å². The van der Waals surface area contributed by atoms with Crippen molar-refractivity contribution in [3.8, 4) is 22.6 Å². The Morgan fingerprint density at radius 1 is 1.02 bits per heavy atom. The quantitative estimate of drug-likeness (QED) is 0.217. The number of anilines is 1. The molecule has 0 saturated carbocycles. The van der Waals surface area contributed by atoms with E-state index >= 15 is 0 Å². The number of nitrogens with zero attached hydrogens (tertiary/aromatic N) is 4. The van der Waals surface area contributed by atoms with Crippen molar-refractivity contribution in [2.75, 3.05) is 19.0 Å². The maximum atomic E-state index is 14.5. The first-order chi connectivity index (χ1) is 21.5. The van der Waals surface area contributed by atoms with Gasteiger partial charge < -0.3 is 15.4 Å². The van der Waals surface area contributed by atoms with Gasteiger partial charge in [-0.2, -0.15) is 26.3 Å². The predicted molar refractivity (Wildman–Crippen MR) is 150 cm³/mol. The molecule has 0 aliphatic carbocycles. The van der Waals surface area contributed by atoms with E-state index in [0.717, 1.165) is 33.5 Å². The Labute approximate surface area is 259 Å². The molecule has 18 heteroatoms. The van der Waals surface area contributed by atoms with Crippen molar-refractivity contribution in [2.24, 2.45) is 0 Å². The van der Waals surface area contributed by atoms with Crippen LogP contribution in [-0.4, -0.2) is 51.2 Å². The summed E-state index contributed by atoms with van der Waals surface area (Å²) in [6.07, 6.45) is -7.58. The van der Waals surface area contributed by atoms with Crippen LogP contribution in [0, 0.1) is 5.82 Å². The van der Waals surface area contributed by atoms with Crippen molar-refractivity contribution in [1.82, 2.24) is 24.9 Å². The van der Waals surface area contributed by atoms with Gasteiger partial charge in [-0.05, 0) is 42.8 Å². The number of hydrogen-bond donors (Lipinski definition) is 2. The summed E-state index contributed by atoms with van der Waals surface area (Å²) in [5.41, 5.74) is -2.51. The molecule has 0 aliphatic rings. The first-order valence-corrected chi connectivity index (χ1v) is 13.5. The number of hydrogen-bond acceptors (Lipinski definition) is 6. The number of ether oxygens (including phenoxy) is 1. The second-order valence-electron chi connectivity index (χ2n) is 9.61. The van der Waals surface area contributed by atoms with Crippen LogP contribution in [-0.2, 0) is 11.0 Å². The summed E-state index contributed by atoms with van der Waals surface area (Å²) in [5, 5.41) is 10.8. The average molecular weight is 675 g/mol. The molecule has 0 bridgehead atoms. The number of carbonyl (C=O) groups is 2. The van der Waals surface area contributed by atoms with Crippen LogP contribution in [0.25, 0.3) is 16.8 Å². The number of carbonyl (C=O) groups excluding carboxylic acids is 2. The van der Waals surface area contributed by atoms with Crippen molar-refractivity contribution in [2.45, 2.75) is 31.7 Å². The fraction of sp³-hybridized carbons (Fsp3) is 0.250. The van der Waals surface area contributed by atoms with Gasteiger partial charge in [-0.3, -0.25) is 19.0 Å². The Kier molecular flexibility index (Phi) is 9.74. The molecule has 0 unspecified atom stereocenters. The fourth-order valence-electron chi connectivity index (χ4n) is 4.37. The van der Waals surface area contributed by atoms with Crippen LogP contribution in [0.3, 0.4) is 0 Å². The zero-order chi connectivity index (χ0) is 34.0. The minimum absolute atomic E-state index is 0.0193. The van der Waals surface area contributed by atoms with Crippen LogP contribution in [0.2, 0.25) is 5.02 Å². The molecular weight excluding hydrogens is 653 g/mol. The van der Waals surface area contributed by atoms with E-state index in [1.54, 1.807) is 12.2 Å². The van der Waals surface area contributed by atoms with Crippen molar-refractivity contribution in [3.63, 3.8) is 0 Å². The molecule has 4 rings (SSSR count). The summed E-state index contributed by atoms with van der Waals surface area (Å²) in [5.74, 6) is -3.30. The van der Waals surface area contributed by atoms with Gasteiger partial charge in [0.1, 0.15) is 24.2 Å². The highest BCUT2D eigenvalue weighted by Crippen LogP contribution is 2.36. The summed E-state index contributed by atoms with van der Waals surface area (Å²) in [6.45, 7) is -0.0965. The number of alkyl halides is 6. The van der Waals surface area contributed by atoms with Crippen LogP contribution < -0.4 is 20.9 Å². The number of benzene rings is 2. The van der Waals surface area contributed by atoms with Crippen molar-refractivity contribution >= 4 is 29.1 Å². The van der Waals surface area contributed by atoms with E-state index in [9.17, 15) is 45.1 Å². The molecule has 2 amide bonds. The molecule has 2 heterocycles. The Morgan fingerprint density at radius 2 is 1.74 bits per heavy atom. The number of nitrogens with one attached hydrogen (secondary N) is 2. The molecule has 1 atom stereocenters. The number of amides is 2. The van der Waals surface area contributed by atoms with Crippen molar-refractivity contribution in [3.05, 3.63) is 87.3 Å². The third kappa shape index (κ3) is 7.64. The van der Waals surface area contributed by atoms with E-state index < -0.39 is 59.4 Å². The van der Waals surface area contributed by atoms with Crippen LogP contribution >= 0.6 is 11.6 Å². The minimum Gasteiger partial charge on any atom is -0.495 e. The highest BCUT2D eigenvalue weighted by atomic mass is 35.5. The monoisotopic (exact) mass is 674 g/mol. The Morgan fingerprint density at radius 3 is 2.33 bits per heavy atom. The second kappa shape index (κ2) is 13.2. The summed E-state index contributed by atoms with van der Waals surface area (Å²) in [4.78, 5) is 38.5. The van der Waals surface area contributed by atoms with Crippen LogP contribution in [0.15, 0.2) is 59.7 Å². The van der Waals surface area contributed by atoms with Crippen LogP contribution in [0.1, 0.15) is 35.4 Å². The summed E-state index contributed by atoms with van der Waals surface area (Å²) < 4.78 is 98.5. The third-order valence-corrected chi connectivity index (χ3v) is 6.73. The zero-order valence-corrected chi connectivity index (χ0v) is 24.4. The lowest BCUT2D eigenvalue weighted by atomic mass is 10.0. The van der Waals surface area contributed by atoms with E-state index in [1.165, 1.54) is 31.5 Å². The largest absolute Gasteiger partial charge is 0.495 e. The van der Waals surface area contributed by atoms with E-state index in [2.05, 4.69) is 15.6 Å². The maximum Gasteiger partial charge on any atom is 0.436 e. The second-order valence-corrected chi connectivity index (χ2v) is 10.1. The van der Waals surface area contributed by atoms with Gasteiger partial charge in [-0.15, -0.1) is 5.10 Å². The van der Waals surface area contributed by atoms with Crippen LogP contribution in [0.5, 0.6) is 5.75 Å². The molecule has 2 aromatic carbocycles. The van der Waals surface area contributed by atoms with Gasteiger partial charge in [0, 0.05) is 27.9 Å². The van der Waals surface area contributed by atoms with Gasteiger partial charge >= 0.3 is 12.4 Å².